The minimum atomic E-state index is 0.306. The van der Waals surface area contributed by atoms with Gasteiger partial charge in [-0.05, 0) is 32.7 Å². The van der Waals surface area contributed by atoms with Crippen LogP contribution in [0.25, 0.3) is 0 Å². The summed E-state index contributed by atoms with van der Waals surface area (Å²) in [4.78, 5) is 13.8. The summed E-state index contributed by atoms with van der Waals surface area (Å²) in [5.74, 6) is 0.306. The first-order valence-electron chi connectivity index (χ1n) is 6.98. The van der Waals surface area contributed by atoms with Gasteiger partial charge >= 0.3 is 0 Å². The molecule has 1 N–H and O–H groups in total. The predicted molar refractivity (Wildman–Crippen MR) is 73.5 cm³/mol. The van der Waals surface area contributed by atoms with Gasteiger partial charge in [0.25, 0.3) is 0 Å². The molecule has 1 aliphatic heterocycles. The molecule has 0 bridgehead atoms. The second kappa shape index (κ2) is 9.11. The molecular formula is C14H26N2O2. The average molecular weight is 254 g/mol. The number of nitrogens with zero attached hydrogens (tertiary/aromatic N) is 1. The van der Waals surface area contributed by atoms with Gasteiger partial charge in [0, 0.05) is 38.8 Å². The lowest BCUT2D eigenvalue weighted by Gasteiger charge is -2.25. The van der Waals surface area contributed by atoms with E-state index < -0.39 is 0 Å². The number of hydrogen-bond acceptors (Lipinski definition) is 3. The second-order valence-corrected chi connectivity index (χ2v) is 4.61. The van der Waals surface area contributed by atoms with E-state index in [1.807, 2.05) is 17.9 Å². The highest BCUT2D eigenvalue weighted by molar-refractivity contribution is 5.78. The molecule has 0 saturated carbocycles. The van der Waals surface area contributed by atoms with Crippen LogP contribution in [-0.4, -0.2) is 49.7 Å². The van der Waals surface area contributed by atoms with E-state index in [1.165, 1.54) is 0 Å². The molecule has 1 saturated heterocycles. The normalized spacial score (nSPS) is 19.5. The minimum absolute atomic E-state index is 0.306. The Kier molecular flexibility index (Phi) is 7.69. The lowest BCUT2D eigenvalue weighted by Crippen LogP contribution is -2.36. The van der Waals surface area contributed by atoms with E-state index in [0.717, 1.165) is 52.1 Å². The van der Waals surface area contributed by atoms with Gasteiger partial charge in [0.2, 0.25) is 5.91 Å². The van der Waals surface area contributed by atoms with E-state index >= 15 is 0 Å². The molecular weight excluding hydrogens is 228 g/mol. The van der Waals surface area contributed by atoms with Gasteiger partial charge in [-0.25, -0.2) is 0 Å². The Morgan fingerprint density at radius 1 is 1.61 bits per heavy atom. The summed E-state index contributed by atoms with van der Waals surface area (Å²) < 4.78 is 5.32. The Balaban J connectivity index is 2.23. The fraction of sp³-hybridized carbons (Fsp3) is 0.786. The third-order valence-electron chi connectivity index (χ3n) is 3.29. The highest BCUT2D eigenvalue weighted by atomic mass is 16.5. The number of hydrogen-bond donors (Lipinski definition) is 1. The maximum Gasteiger partial charge on any atom is 0.222 e. The fourth-order valence-corrected chi connectivity index (χ4v) is 2.35. The third kappa shape index (κ3) is 5.19. The van der Waals surface area contributed by atoms with Gasteiger partial charge in [0.1, 0.15) is 0 Å². The molecule has 1 unspecified atom stereocenters. The van der Waals surface area contributed by atoms with Gasteiger partial charge < -0.3 is 15.0 Å². The fourth-order valence-electron chi connectivity index (χ4n) is 2.35. The van der Waals surface area contributed by atoms with Crippen molar-refractivity contribution < 1.29 is 9.53 Å². The van der Waals surface area contributed by atoms with E-state index in [2.05, 4.69) is 11.9 Å². The van der Waals surface area contributed by atoms with Crippen LogP contribution in [0.2, 0.25) is 0 Å². The molecule has 0 radical (unpaired) electrons. The van der Waals surface area contributed by atoms with Crippen LogP contribution in [0.15, 0.2) is 12.7 Å². The van der Waals surface area contributed by atoms with Crippen molar-refractivity contribution >= 4 is 5.91 Å². The summed E-state index contributed by atoms with van der Waals surface area (Å²) in [5, 5.41) is 3.29. The van der Waals surface area contributed by atoms with Crippen LogP contribution in [-0.2, 0) is 9.53 Å². The summed E-state index contributed by atoms with van der Waals surface area (Å²) in [6.07, 6.45) is 5.55. The Morgan fingerprint density at radius 3 is 3.17 bits per heavy atom. The van der Waals surface area contributed by atoms with Crippen LogP contribution >= 0.6 is 0 Å². The largest absolute Gasteiger partial charge is 0.382 e. The van der Waals surface area contributed by atoms with E-state index in [1.54, 1.807) is 0 Å². The first-order valence-corrected chi connectivity index (χ1v) is 6.98. The number of carbonyl (C=O) groups is 1. The summed E-state index contributed by atoms with van der Waals surface area (Å²) in [5.41, 5.74) is 0. The van der Waals surface area contributed by atoms with Crippen molar-refractivity contribution in [2.24, 2.45) is 0 Å². The van der Waals surface area contributed by atoms with E-state index in [9.17, 15) is 4.79 Å². The first kappa shape index (κ1) is 15.2. The van der Waals surface area contributed by atoms with Crippen molar-refractivity contribution in [2.45, 2.75) is 38.6 Å². The van der Waals surface area contributed by atoms with Crippen molar-refractivity contribution in [1.82, 2.24) is 10.2 Å². The molecule has 1 rings (SSSR count). The Morgan fingerprint density at radius 2 is 2.44 bits per heavy atom. The van der Waals surface area contributed by atoms with Crippen molar-refractivity contribution in [3.63, 3.8) is 0 Å². The number of rotatable bonds is 10. The quantitative estimate of drug-likeness (QED) is 0.475. The monoisotopic (exact) mass is 254 g/mol. The van der Waals surface area contributed by atoms with Gasteiger partial charge in [-0.2, -0.15) is 0 Å². The van der Waals surface area contributed by atoms with Crippen molar-refractivity contribution in [3.8, 4) is 0 Å². The predicted octanol–water partition coefficient (Wildman–Crippen LogP) is 1.57. The molecule has 0 aromatic rings. The maximum absolute atomic E-state index is 11.8. The van der Waals surface area contributed by atoms with Gasteiger partial charge in [0.15, 0.2) is 0 Å². The minimum Gasteiger partial charge on any atom is -0.382 e. The summed E-state index contributed by atoms with van der Waals surface area (Å²) >= 11 is 0. The number of carbonyl (C=O) groups excluding carboxylic acids is 1. The molecule has 4 nitrogen and oxygen atoms in total. The molecule has 0 aromatic carbocycles. The van der Waals surface area contributed by atoms with Crippen LogP contribution in [0, 0.1) is 0 Å². The zero-order valence-electron chi connectivity index (χ0n) is 11.5. The van der Waals surface area contributed by atoms with Gasteiger partial charge in [-0.1, -0.05) is 6.08 Å². The highest BCUT2D eigenvalue weighted by Crippen LogP contribution is 2.21. The lowest BCUT2D eigenvalue weighted by atomic mass is 10.1. The van der Waals surface area contributed by atoms with E-state index in [0.29, 0.717) is 18.4 Å². The number of amides is 1. The Labute approximate surface area is 110 Å². The molecule has 1 amide bonds. The van der Waals surface area contributed by atoms with Gasteiger partial charge in [-0.3, -0.25) is 4.79 Å². The topological polar surface area (TPSA) is 41.6 Å². The molecule has 18 heavy (non-hydrogen) atoms. The van der Waals surface area contributed by atoms with Crippen LogP contribution in [0.5, 0.6) is 0 Å². The van der Waals surface area contributed by atoms with Crippen LogP contribution in [0.4, 0.5) is 0 Å². The SMILES string of the molecule is C=CCNCCC1CCC(=O)N1CCCOCC. The van der Waals surface area contributed by atoms with E-state index in [4.69, 9.17) is 4.74 Å². The third-order valence-corrected chi connectivity index (χ3v) is 3.29. The summed E-state index contributed by atoms with van der Waals surface area (Å²) in [7, 11) is 0. The lowest BCUT2D eigenvalue weighted by molar-refractivity contribution is -0.129. The average Bonchev–Trinajstić information content (AvgIpc) is 2.72. The Hall–Kier alpha value is -0.870. The first-order chi connectivity index (χ1) is 8.79. The molecule has 0 spiro atoms. The smallest absolute Gasteiger partial charge is 0.222 e. The van der Waals surface area contributed by atoms with Crippen LogP contribution < -0.4 is 5.32 Å². The van der Waals surface area contributed by atoms with Crippen LogP contribution in [0.3, 0.4) is 0 Å². The summed E-state index contributed by atoms with van der Waals surface area (Å²) in [6.45, 7) is 9.80. The Bertz CT molecular complexity index is 256. The second-order valence-electron chi connectivity index (χ2n) is 4.61. The molecule has 1 atom stereocenters. The molecule has 1 heterocycles. The number of nitrogens with one attached hydrogen (secondary N) is 1. The van der Waals surface area contributed by atoms with E-state index in [-0.39, 0.29) is 0 Å². The van der Waals surface area contributed by atoms with Gasteiger partial charge in [0.05, 0.1) is 0 Å². The molecule has 0 aliphatic carbocycles. The zero-order valence-corrected chi connectivity index (χ0v) is 11.5. The standard InChI is InChI=1S/C14H26N2O2/c1-3-9-15-10-8-13-6-7-14(17)16(13)11-5-12-18-4-2/h3,13,15H,1,4-12H2,2H3. The highest BCUT2D eigenvalue weighted by Gasteiger charge is 2.29. The van der Waals surface area contributed by atoms with Crippen molar-refractivity contribution in [3.05, 3.63) is 12.7 Å². The van der Waals surface area contributed by atoms with Gasteiger partial charge in [-0.15, -0.1) is 6.58 Å². The summed E-state index contributed by atoms with van der Waals surface area (Å²) in [6, 6.07) is 0.413. The number of ether oxygens (including phenoxy) is 1. The number of likely N-dealkylation sites (tertiary alicyclic amines) is 1. The van der Waals surface area contributed by atoms with Crippen molar-refractivity contribution in [1.29, 1.82) is 0 Å². The maximum atomic E-state index is 11.8. The molecule has 1 aliphatic rings. The molecule has 4 heteroatoms. The van der Waals surface area contributed by atoms with Crippen LogP contribution in [0.1, 0.15) is 32.6 Å². The van der Waals surface area contributed by atoms with Crippen molar-refractivity contribution in [2.75, 3.05) is 32.8 Å². The zero-order chi connectivity index (χ0) is 13.2. The molecule has 104 valence electrons. The molecule has 0 aromatic heterocycles. The molecule has 1 fully saturated rings.